The van der Waals surface area contributed by atoms with Crippen LogP contribution in [-0.2, 0) is 6.54 Å². The third kappa shape index (κ3) is 3.31. The van der Waals surface area contributed by atoms with Gasteiger partial charge in [0.1, 0.15) is 0 Å². The summed E-state index contributed by atoms with van der Waals surface area (Å²) in [6.07, 6.45) is 5.55. The van der Waals surface area contributed by atoms with Crippen molar-refractivity contribution in [2.24, 2.45) is 5.92 Å². The smallest absolute Gasteiger partial charge is 0.0991 e. The maximum absolute atomic E-state index is 8.72. The molecule has 17 heavy (non-hydrogen) atoms. The number of hydrogen-bond donors (Lipinski definition) is 1. The van der Waals surface area contributed by atoms with E-state index in [1.165, 1.54) is 31.2 Å². The lowest BCUT2D eigenvalue weighted by Crippen LogP contribution is -2.31. The van der Waals surface area contributed by atoms with Gasteiger partial charge < -0.3 is 5.32 Å². The Kier molecular flexibility index (Phi) is 4.17. The second kappa shape index (κ2) is 5.84. The summed E-state index contributed by atoms with van der Waals surface area (Å²) in [4.78, 5) is 0. The van der Waals surface area contributed by atoms with Crippen LogP contribution in [0.25, 0.3) is 0 Å². The Morgan fingerprint density at radius 2 is 1.94 bits per heavy atom. The van der Waals surface area contributed by atoms with E-state index in [0.29, 0.717) is 6.04 Å². The number of nitriles is 1. The number of benzene rings is 1. The molecule has 0 amide bonds. The Morgan fingerprint density at radius 1 is 1.29 bits per heavy atom. The van der Waals surface area contributed by atoms with Crippen LogP contribution in [0, 0.1) is 17.2 Å². The Labute approximate surface area is 104 Å². The minimum Gasteiger partial charge on any atom is -0.310 e. The van der Waals surface area contributed by atoms with E-state index in [2.05, 4.69) is 18.3 Å². The standard InChI is InChI=1S/C15H20N2/c1-12(15-4-2-3-5-15)17-11-14-8-6-13(10-16)7-9-14/h6-9,12,15,17H,2-5,11H2,1H3/t12-/m0/s1. The van der Waals surface area contributed by atoms with E-state index in [-0.39, 0.29) is 0 Å². The molecule has 1 atom stereocenters. The molecule has 90 valence electrons. The average molecular weight is 228 g/mol. The molecule has 1 saturated carbocycles. The summed E-state index contributed by atoms with van der Waals surface area (Å²) < 4.78 is 0. The second-order valence-corrected chi connectivity index (χ2v) is 5.02. The molecule has 0 saturated heterocycles. The van der Waals surface area contributed by atoms with Crippen molar-refractivity contribution in [3.63, 3.8) is 0 Å². The summed E-state index contributed by atoms with van der Waals surface area (Å²) in [5.74, 6) is 0.855. The molecule has 0 heterocycles. The van der Waals surface area contributed by atoms with Crippen molar-refractivity contribution in [2.75, 3.05) is 0 Å². The molecule has 1 fully saturated rings. The third-order valence-corrected chi connectivity index (χ3v) is 3.82. The van der Waals surface area contributed by atoms with E-state index in [1.54, 1.807) is 0 Å². The number of rotatable bonds is 4. The van der Waals surface area contributed by atoms with Gasteiger partial charge in [-0.1, -0.05) is 25.0 Å². The molecule has 0 aliphatic heterocycles. The minimum absolute atomic E-state index is 0.605. The first kappa shape index (κ1) is 12.1. The Balaban J connectivity index is 1.82. The monoisotopic (exact) mass is 228 g/mol. The summed E-state index contributed by atoms with van der Waals surface area (Å²) in [7, 11) is 0. The van der Waals surface area contributed by atoms with Gasteiger partial charge >= 0.3 is 0 Å². The summed E-state index contributed by atoms with van der Waals surface area (Å²) in [5, 5.41) is 12.3. The minimum atomic E-state index is 0.605. The van der Waals surface area contributed by atoms with Crippen LogP contribution in [0.4, 0.5) is 0 Å². The van der Waals surface area contributed by atoms with Gasteiger partial charge in [-0.3, -0.25) is 0 Å². The molecule has 0 spiro atoms. The molecule has 1 aromatic rings. The molecule has 1 aliphatic carbocycles. The third-order valence-electron chi connectivity index (χ3n) is 3.82. The number of hydrogen-bond acceptors (Lipinski definition) is 2. The Hall–Kier alpha value is -1.33. The lowest BCUT2D eigenvalue weighted by molar-refractivity contribution is 0.380. The molecule has 2 nitrogen and oxygen atoms in total. The van der Waals surface area contributed by atoms with Crippen molar-refractivity contribution in [1.29, 1.82) is 5.26 Å². The van der Waals surface area contributed by atoms with Crippen molar-refractivity contribution in [3.8, 4) is 6.07 Å². The van der Waals surface area contributed by atoms with Crippen molar-refractivity contribution >= 4 is 0 Å². The molecule has 2 rings (SSSR count). The molecule has 1 aliphatic rings. The van der Waals surface area contributed by atoms with Crippen LogP contribution in [0.2, 0.25) is 0 Å². The fourth-order valence-electron chi connectivity index (χ4n) is 2.60. The highest BCUT2D eigenvalue weighted by Gasteiger charge is 2.20. The molecule has 0 aromatic heterocycles. The van der Waals surface area contributed by atoms with E-state index in [0.717, 1.165) is 18.0 Å². The molecular weight excluding hydrogens is 208 g/mol. The highest BCUT2D eigenvalue weighted by Crippen LogP contribution is 2.27. The van der Waals surface area contributed by atoms with Crippen LogP contribution in [-0.4, -0.2) is 6.04 Å². The maximum Gasteiger partial charge on any atom is 0.0991 e. The van der Waals surface area contributed by atoms with E-state index >= 15 is 0 Å². The highest BCUT2D eigenvalue weighted by molar-refractivity contribution is 5.31. The second-order valence-electron chi connectivity index (χ2n) is 5.02. The summed E-state index contributed by atoms with van der Waals surface area (Å²) in [5.41, 5.74) is 1.99. The first-order valence-electron chi connectivity index (χ1n) is 6.52. The quantitative estimate of drug-likeness (QED) is 0.858. The van der Waals surface area contributed by atoms with Gasteiger partial charge in [0.2, 0.25) is 0 Å². The SMILES string of the molecule is C[C@H](NCc1ccc(C#N)cc1)C1CCCC1. The molecule has 1 N–H and O–H groups in total. The van der Waals surface area contributed by atoms with Crippen molar-refractivity contribution in [1.82, 2.24) is 5.32 Å². The van der Waals surface area contributed by atoms with Gasteiger partial charge in [-0.05, 0) is 43.4 Å². The maximum atomic E-state index is 8.72. The summed E-state index contributed by atoms with van der Waals surface area (Å²) in [6, 6.07) is 10.6. The fourth-order valence-corrected chi connectivity index (χ4v) is 2.60. The molecule has 1 aromatic carbocycles. The molecule has 2 heteroatoms. The van der Waals surface area contributed by atoms with Crippen LogP contribution in [0.1, 0.15) is 43.7 Å². The van der Waals surface area contributed by atoms with Gasteiger partial charge in [-0.25, -0.2) is 0 Å². The molecule has 0 bridgehead atoms. The van der Waals surface area contributed by atoms with Crippen LogP contribution < -0.4 is 5.32 Å². The van der Waals surface area contributed by atoms with Crippen LogP contribution >= 0.6 is 0 Å². The van der Waals surface area contributed by atoms with Gasteiger partial charge in [-0.15, -0.1) is 0 Å². The van der Waals surface area contributed by atoms with Crippen molar-refractivity contribution in [3.05, 3.63) is 35.4 Å². The van der Waals surface area contributed by atoms with Crippen LogP contribution in [0.3, 0.4) is 0 Å². The van der Waals surface area contributed by atoms with Crippen molar-refractivity contribution in [2.45, 2.75) is 45.2 Å². The fraction of sp³-hybridized carbons (Fsp3) is 0.533. The Morgan fingerprint density at radius 3 is 2.53 bits per heavy atom. The first-order valence-corrected chi connectivity index (χ1v) is 6.52. The van der Waals surface area contributed by atoms with Crippen molar-refractivity contribution < 1.29 is 0 Å². The average Bonchev–Trinajstić information content (AvgIpc) is 2.90. The lowest BCUT2D eigenvalue weighted by Gasteiger charge is -2.20. The number of nitrogens with one attached hydrogen (secondary N) is 1. The molecule has 0 unspecified atom stereocenters. The van der Waals surface area contributed by atoms with Gasteiger partial charge in [0.05, 0.1) is 11.6 Å². The van der Waals surface area contributed by atoms with Crippen LogP contribution in [0.5, 0.6) is 0 Å². The van der Waals surface area contributed by atoms with E-state index in [9.17, 15) is 0 Å². The van der Waals surface area contributed by atoms with Crippen LogP contribution in [0.15, 0.2) is 24.3 Å². The predicted molar refractivity (Wildman–Crippen MR) is 69.4 cm³/mol. The normalized spacial score (nSPS) is 17.9. The zero-order valence-corrected chi connectivity index (χ0v) is 10.4. The topological polar surface area (TPSA) is 35.8 Å². The molecular formula is C15H20N2. The summed E-state index contributed by atoms with van der Waals surface area (Å²) >= 11 is 0. The largest absolute Gasteiger partial charge is 0.310 e. The zero-order chi connectivity index (χ0) is 12.1. The van der Waals surface area contributed by atoms with E-state index in [1.807, 2.05) is 24.3 Å². The molecule has 0 radical (unpaired) electrons. The van der Waals surface area contributed by atoms with E-state index < -0.39 is 0 Å². The van der Waals surface area contributed by atoms with Gasteiger partial charge in [0, 0.05) is 12.6 Å². The number of nitrogens with zero attached hydrogens (tertiary/aromatic N) is 1. The predicted octanol–water partition coefficient (Wildman–Crippen LogP) is 3.23. The van der Waals surface area contributed by atoms with Gasteiger partial charge in [0.15, 0.2) is 0 Å². The van der Waals surface area contributed by atoms with Gasteiger partial charge in [0.25, 0.3) is 0 Å². The zero-order valence-electron chi connectivity index (χ0n) is 10.4. The summed E-state index contributed by atoms with van der Waals surface area (Å²) in [6.45, 7) is 3.20. The van der Waals surface area contributed by atoms with E-state index in [4.69, 9.17) is 5.26 Å². The lowest BCUT2D eigenvalue weighted by atomic mass is 9.99. The van der Waals surface area contributed by atoms with Gasteiger partial charge in [-0.2, -0.15) is 5.26 Å². The Bertz CT molecular complexity index is 382. The highest BCUT2D eigenvalue weighted by atomic mass is 14.9. The first-order chi connectivity index (χ1) is 8.29.